The summed E-state index contributed by atoms with van der Waals surface area (Å²) < 4.78 is 15.5. The first-order valence-electron chi connectivity index (χ1n) is 8.74. The van der Waals surface area contributed by atoms with Crippen LogP contribution in [0.3, 0.4) is 0 Å². The smallest absolute Gasteiger partial charge is 0.426 e. The molecule has 0 aromatic heterocycles. The number of ether oxygens (including phenoxy) is 3. The average Bonchev–Trinajstić information content (AvgIpc) is 2.69. The summed E-state index contributed by atoms with van der Waals surface area (Å²) in [4.78, 5) is 36.9. The van der Waals surface area contributed by atoms with E-state index in [2.05, 4.69) is 10.7 Å². The number of hydrazine groups is 1. The number of ketones is 1. The zero-order chi connectivity index (χ0) is 20.4. The molecular formula is C19H23N3O6. The SMILES string of the molecule is C[C@H](OC(=O)O/C1=C(/NN)C(=O)NCCOCC/C=C\C1=O)c1ccccc1. The van der Waals surface area contributed by atoms with E-state index in [-0.39, 0.29) is 18.8 Å². The molecule has 1 aromatic carbocycles. The number of nitrogens with one attached hydrogen (secondary N) is 2. The van der Waals surface area contributed by atoms with Crippen LogP contribution in [0.5, 0.6) is 0 Å². The van der Waals surface area contributed by atoms with Gasteiger partial charge in [-0.15, -0.1) is 0 Å². The van der Waals surface area contributed by atoms with Crippen molar-refractivity contribution in [3.8, 4) is 0 Å². The van der Waals surface area contributed by atoms with Gasteiger partial charge in [-0.2, -0.15) is 0 Å². The van der Waals surface area contributed by atoms with E-state index in [1.54, 1.807) is 37.3 Å². The summed E-state index contributed by atoms with van der Waals surface area (Å²) in [7, 11) is 0. The van der Waals surface area contributed by atoms with Crippen molar-refractivity contribution in [2.75, 3.05) is 19.8 Å². The van der Waals surface area contributed by atoms with E-state index in [9.17, 15) is 14.4 Å². The lowest BCUT2D eigenvalue weighted by Crippen LogP contribution is -2.39. The van der Waals surface area contributed by atoms with Crippen LogP contribution in [0.15, 0.2) is 53.9 Å². The summed E-state index contributed by atoms with van der Waals surface area (Å²) in [5, 5.41) is 2.52. The molecule has 0 bridgehead atoms. The number of carbonyl (C=O) groups excluding carboxylic acids is 3. The third-order valence-electron chi connectivity index (χ3n) is 3.78. The third-order valence-corrected chi connectivity index (χ3v) is 3.78. The second kappa shape index (κ2) is 10.9. The zero-order valence-corrected chi connectivity index (χ0v) is 15.5. The molecule has 2 rings (SSSR count). The van der Waals surface area contributed by atoms with Crippen molar-refractivity contribution < 1.29 is 28.6 Å². The number of hydrogen-bond acceptors (Lipinski definition) is 8. The first-order valence-corrected chi connectivity index (χ1v) is 8.74. The molecule has 0 unspecified atom stereocenters. The minimum atomic E-state index is -1.14. The van der Waals surface area contributed by atoms with Crippen molar-refractivity contribution in [3.63, 3.8) is 0 Å². The van der Waals surface area contributed by atoms with Gasteiger partial charge < -0.3 is 25.0 Å². The van der Waals surface area contributed by atoms with E-state index < -0.39 is 29.7 Å². The first kappa shape index (κ1) is 21.1. The van der Waals surface area contributed by atoms with Gasteiger partial charge in [-0.05, 0) is 25.0 Å². The van der Waals surface area contributed by atoms with E-state index in [1.165, 1.54) is 6.08 Å². The molecule has 28 heavy (non-hydrogen) atoms. The van der Waals surface area contributed by atoms with Crippen molar-refractivity contribution in [2.45, 2.75) is 19.4 Å². The summed E-state index contributed by atoms with van der Waals surface area (Å²) in [6.45, 7) is 2.53. The van der Waals surface area contributed by atoms with Gasteiger partial charge in [0, 0.05) is 6.54 Å². The lowest BCUT2D eigenvalue weighted by atomic mass is 10.1. The second-order valence-corrected chi connectivity index (χ2v) is 5.79. The average molecular weight is 389 g/mol. The maximum atomic E-state index is 12.4. The third kappa shape index (κ3) is 6.22. The Morgan fingerprint density at radius 2 is 2.00 bits per heavy atom. The van der Waals surface area contributed by atoms with Gasteiger partial charge in [0.2, 0.25) is 11.5 Å². The Kier molecular flexibility index (Phi) is 8.19. The largest absolute Gasteiger partial charge is 0.514 e. The van der Waals surface area contributed by atoms with Crippen molar-refractivity contribution in [2.24, 2.45) is 5.84 Å². The van der Waals surface area contributed by atoms with Gasteiger partial charge in [-0.3, -0.25) is 15.4 Å². The molecular weight excluding hydrogens is 366 g/mol. The number of benzene rings is 1. The minimum Gasteiger partial charge on any atom is -0.426 e. The monoisotopic (exact) mass is 389 g/mol. The van der Waals surface area contributed by atoms with Gasteiger partial charge in [0.05, 0.1) is 13.2 Å². The van der Waals surface area contributed by atoms with E-state index in [4.69, 9.17) is 20.1 Å². The number of rotatable bonds is 4. The zero-order valence-electron chi connectivity index (χ0n) is 15.5. The Morgan fingerprint density at radius 1 is 1.25 bits per heavy atom. The molecule has 150 valence electrons. The van der Waals surface area contributed by atoms with Gasteiger partial charge in [0.1, 0.15) is 6.10 Å². The fourth-order valence-electron chi connectivity index (χ4n) is 2.35. The molecule has 4 N–H and O–H groups in total. The first-order chi connectivity index (χ1) is 13.5. The molecule has 0 saturated heterocycles. The van der Waals surface area contributed by atoms with E-state index >= 15 is 0 Å². The molecule has 0 saturated carbocycles. The van der Waals surface area contributed by atoms with Crippen molar-refractivity contribution in [3.05, 3.63) is 59.5 Å². The number of nitrogens with two attached hydrogens (primary N) is 1. The standard InChI is InChI=1S/C19H23N3O6/c1-13(14-7-3-2-4-8-14)27-19(25)28-17-15(23)9-5-6-11-26-12-10-21-18(24)16(17)22-20/h2-5,7-9,13,22H,6,10-12,20H2,1H3,(H,21,24)/b9-5-,17-16+/t13-/m0/s1. The molecule has 1 aliphatic rings. The summed E-state index contributed by atoms with van der Waals surface area (Å²) in [5.41, 5.74) is 2.47. The Morgan fingerprint density at radius 3 is 2.71 bits per heavy atom. The molecule has 1 amide bonds. The van der Waals surface area contributed by atoms with E-state index in [1.807, 2.05) is 6.07 Å². The van der Waals surface area contributed by atoms with Crippen LogP contribution in [-0.2, 0) is 23.8 Å². The Labute approximate surface area is 162 Å². The van der Waals surface area contributed by atoms with Crippen molar-refractivity contribution in [1.82, 2.24) is 10.7 Å². The number of hydrogen-bond donors (Lipinski definition) is 3. The Balaban J connectivity index is 2.20. The van der Waals surface area contributed by atoms with Gasteiger partial charge in [0.25, 0.3) is 5.91 Å². The van der Waals surface area contributed by atoms with Crippen LogP contribution in [0.1, 0.15) is 25.0 Å². The molecule has 0 radical (unpaired) electrons. The minimum absolute atomic E-state index is 0.199. The van der Waals surface area contributed by atoms with Crippen molar-refractivity contribution >= 4 is 17.8 Å². The van der Waals surface area contributed by atoms with Crippen LogP contribution >= 0.6 is 0 Å². The predicted octanol–water partition coefficient (Wildman–Crippen LogP) is 1.24. The maximum absolute atomic E-state index is 12.4. The van der Waals surface area contributed by atoms with Crippen molar-refractivity contribution in [1.29, 1.82) is 0 Å². The molecule has 1 aliphatic heterocycles. The molecule has 0 fully saturated rings. The lowest BCUT2D eigenvalue weighted by Gasteiger charge is -2.16. The number of allylic oxidation sites excluding steroid dienone is 1. The highest BCUT2D eigenvalue weighted by atomic mass is 16.7. The Bertz CT molecular complexity index is 760. The van der Waals surface area contributed by atoms with Crippen LogP contribution in [0.25, 0.3) is 0 Å². The highest BCUT2D eigenvalue weighted by Gasteiger charge is 2.25. The highest BCUT2D eigenvalue weighted by molar-refractivity contribution is 6.09. The summed E-state index contributed by atoms with van der Waals surface area (Å²) >= 11 is 0. The normalized spacial score (nSPS) is 20.8. The Hall–Kier alpha value is -3.17. The van der Waals surface area contributed by atoms with Crippen LogP contribution in [0, 0.1) is 0 Å². The van der Waals surface area contributed by atoms with Gasteiger partial charge in [0.15, 0.2) is 5.70 Å². The predicted molar refractivity (Wildman–Crippen MR) is 99.4 cm³/mol. The van der Waals surface area contributed by atoms with Crippen LogP contribution in [0.4, 0.5) is 4.79 Å². The number of carbonyl (C=O) groups is 3. The molecule has 0 spiro atoms. The van der Waals surface area contributed by atoms with Gasteiger partial charge in [-0.1, -0.05) is 36.4 Å². The maximum Gasteiger partial charge on any atom is 0.514 e. The molecule has 0 aliphatic carbocycles. The number of amides is 1. The van der Waals surface area contributed by atoms with Crippen LogP contribution in [0.2, 0.25) is 0 Å². The highest BCUT2D eigenvalue weighted by Crippen LogP contribution is 2.18. The quantitative estimate of drug-likeness (QED) is 0.398. The fraction of sp³-hybridized carbons (Fsp3) is 0.316. The van der Waals surface area contributed by atoms with E-state index in [0.29, 0.717) is 13.0 Å². The lowest BCUT2D eigenvalue weighted by molar-refractivity contribution is -0.120. The fourth-order valence-corrected chi connectivity index (χ4v) is 2.35. The molecule has 1 heterocycles. The molecule has 9 heteroatoms. The van der Waals surface area contributed by atoms with Crippen LogP contribution in [-0.4, -0.2) is 37.6 Å². The summed E-state index contributed by atoms with van der Waals surface area (Å²) in [6.07, 6.45) is 1.46. The molecule has 1 atom stereocenters. The van der Waals surface area contributed by atoms with Crippen LogP contribution < -0.4 is 16.6 Å². The summed E-state index contributed by atoms with van der Waals surface area (Å²) in [6, 6.07) is 8.99. The van der Waals surface area contributed by atoms with Gasteiger partial charge >= 0.3 is 6.16 Å². The second-order valence-electron chi connectivity index (χ2n) is 5.79. The topological polar surface area (TPSA) is 129 Å². The molecule has 1 aromatic rings. The molecule has 9 nitrogen and oxygen atoms in total. The van der Waals surface area contributed by atoms with E-state index in [0.717, 1.165) is 5.56 Å². The van der Waals surface area contributed by atoms with Gasteiger partial charge in [-0.25, -0.2) is 4.79 Å². The summed E-state index contributed by atoms with van der Waals surface area (Å²) in [5.74, 6) is 3.40.